The first kappa shape index (κ1) is 16.8. The van der Waals surface area contributed by atoms with Crippen LogP contribution in [0, 0.1) is 6.92 Å². The summed E-state index contributed by atoms with van der Waals surface area (Å²) in [7, 11) is 0. The molecule has 0 spiro atoms. The monoisotopic (exact) mass is 368 g/mol. The van der Waals surface area contributed by atoms with Crippen molar-refractivity contribution >= 4 is 17.2 Å². The fourth-order valence-corrected chi connectivity index (χ4v) is 4.16. The Labute approximate surface area is 155 Å². The molecule has 7 heteroatoms. The van der Waals surface area contributed by atoms with E-state index in [0.29, 0.717) is 24.6 Å². The zero-order valence-corrected chi connectivity index (χ0v) is 15.6. The maximum absolute atomic E-state index is 13.0. The minimum atomic E-state index is 0.0454. The number of fused-ring (bicyclic) bond motifs is 1. The number of benzene rings is 1. The van der Waals surface area contributed by atoms with Crippen molar-refractivity contribution in [2.75, 3.05) is 13.2 Å². The fraction of sp³-hybridized carbons (Fsp3) is 0.316. The summed E-state index contributed by atoms with van der Waals surface area (Å²) in [6.07, 6.45) is 2.62. The van der Waals surface area contributed by atoms with Gasteiger partial charge in [0.15, 0.2) is 0 Å². The van der Waals surface area contributed by atoms with Crippen LogP contribution in [-0.4, -0.2) is 39.1 Å². The second kappa shape index (κ2) is 6.92. The van der Waals surface area contributed by atoms with Crippen LogP contribution in [0.3, 0.4) is 0 Å². The molecule has 0 unspecified atom stereocenters. The normalized spacial score (nSPS) is 13.5. The van der Waals surface area contributed by atoms with Crippen LogP contribution in [0.25, 0.3) is 10.6 Å². The average molecular weight is 368 g/mol. The first-order valence-electron chi connectivity index (χ1n) is 8.66. The Morgan fingerprint density at radius 3 is 2.92 bits per heavy atom. The minimum Gasteiger partial charge on any atom is -0.494 e. The summed E-state index contributed by atoms with van der Waals surface area (Å²) in [6, 6.07) is 7.83. The van der Waals surface area contributed by atoms with E-state index in [1.165, 1.54) is 11.3 Å². The van der Waals surface area contributed by atoms with Gasteiger partial charge in [0.1, 0.15) is 15.6 Å². The highest BCUT2D eigenvalue weighted by Crippen LogP contribution is 2.31. The molecule has 1 N–H and O–H groups in total. The average Bonchev–Trinajstić information content (AvgIpc) is 3.28. The Bertz CT molecular complexity index is 929. The van der Waals surface area contributed by atoms with Gasteiger partial charge < -0.3 is 9.64 Å². The third kappa shape index (κ3) is 3.10. The number of rotatable bonds is 4. The first-order chi connectivity index (χ1) is 12.7. The summed E-state index contributed by atoms with van der Waals surface area (Å²) in [5.41, 5.74) is 4.00. The van der Waals surface area contributed by atoms with Crippen LogP contribution in [0.5, 0.6) is 5.75 Å². The standard InChI is InChI=1S/C19H20N4O2S/c1-3-25-15-6-4-13(5-7-15)18-21-12(2)17(26-18)19(24)23-9-8-16-14(11-23)10-20-22-16/h4-7,10H,3,8-9,11H2,1-2H3,(H,20,22). The Morgan fingerprint density at radius 1 is 1.35 bits per heavy atom. The molecule has 1 aromatic carbocycles. The third-order valence-corrected chi connectivity index (χ3v) is 5.69. The first-order valence-corrected chi connectivity index (χ1v) is 9.48. The lowest BCUT2D eigenvalue weighted by Crippen LogP contribution is -2.35. The van der Waals surface area contributed by atoms with E-state index in [1.54, 1.807) is 6.20 Å². The lowest BCUT2D eigenvalue weighted by Gasteiger charge is -2.26. The maximum Gasteiger partial charge on any atom is 0.266 e. The summed E-state index contributed by atoms with van der Waals surface area (Å²) in [4.78, 5) is 20.2. The molecule has 1 aliphatic heterocycles. The summed E-state index contributed by atoms with van der Waals surface area (Å²) in [5, 5.41) is 7.92. The largest absolute Gasteiger partial charge is 0.494 e. The number of amides is 1. The van der Waals surface area contributed by atoms with Crippen molar-refractivity contribution in [1.29, 1.82) is 0 Å². The minimum absolute atomic E-state index is 0.0454. The number of aromatic nitrogens is 3. The van der Waals surface area contributed by atoms with Crippen molar-refractivity contribution in [2.45, 2.75) is 26.8 Å². The van der Waals surface area contributed by atoms with Gasteiger partial charge in [0.05, 0.1) is 18.5 Å². The van der Waals surface area contributed by atoms with Gasteiger partial charge in [0.25, 0.3) is 5.91 Å². The highest BCUT2D eigenvalue weighted by atomic mass is 32.1. The molecule has 4 rings (SSSR count). The molecule has 26 heavy (non-hydrogen) atoms. The van der Waals surface area contributed by atoms with Gasteiger partial charge in [-0.3, -0.25) is 9.89 Å². The van der Waals surface area contributed by atoms with Crippen LogP contribution < -0.4 is 4.74 Å². The van der Waals surface area contributed by atoms with E-state index >= 15 is 0 Å². The van der Waals surface area contributed by atoms with Crippen molar-refractivity contribution < 1.29 is 9.53 Å². The molecule has 6 nitrogen and oxygen atoms in total. The number of carbonyl (C=O) groups is 1. The molecule has 2 aromatic heterocycles. The number of nitrogens with one attached hydrogen (secondary N) is 1. The van der Waals surface area contributed by atoms with Crippen molar-refractivity contribution in [3.63, 3.8) is 0 Å². The summed E-state index contributed by atoms with van der Waals surface area (Å²) in [6.45, 7) is 5.80. The van der Waals surface area contributed by atoms with Crippen molar-refractivity contribution in [2.24, 2.45) is 0 Å². The van der Waals surface area contributed by atoms with Crippen LogP contribution in [0.1, 0.15) is 33.5 Å². The lowest BCUT2D eigenvalue weighted by atomic mass is 10.1. The molecule has 1 amide bonds. The van der Waals surface area contributed by atoms with E-state index in [-0.39, 0.29) is 5.91 Å². The van der Waals surface area contributed by atoms with E-state index in [4.69, 9.17) is 4.74 Å². The SMILES string of the molecule is CCOc1ccc(-c2nc(C)c(C(=O)N3CCc4[nH]ncc4C3)s2)cc1. The predicted octanol–water partition coefficient (Wildman–Crippen LogP) is 3.44. The van der Waals surface area contributed by atoms with Gasteiger partial charge in [-0.05, 0) is 38.1 Å². The molecule has 0 radical (unpaired) electrons. The van der Waals surface area contributed by atoms with Crippen molar-refractivity contribution in [1.82, 2.24) is 20.1 Å². The molecule has 0 bridgehead atoms. The number of aromatic amines is 1. The fourth-order valence-electron chi connectivity index (χ4n) is 3.12. The Balaban J connectivity index is 1.55. The molecule has 134 valence electrons. The van der Waals surface area contributed by atoms with Gasteiger partial charge in [0, 0.05) is 36.3 Å². The van der Waals surface area contributed by atoms with E-state index in [9.17, 15) is 4.79 Å². The topological polar surface area (TPSA) is 71.1 Å². The number of hydrogen-bond donors (Lipinski definition) is 1. The third-order valence-electron chi connectivity index (χ3n) is 4.49. The lowest BCUT2D eigenvalue weighted by molar-refractivity contribution is 0.0738. The molecule has 3 heterocycles. The molecule has 0 aliphatic carbocycles. The van der Waals surface area contributed by atoms with E-state index in [2.05, 4.69) is 15.2 Å². The van der Waals surface area contributed by atoms with Crippen molar-refractivity contribution in [3.8, 4) is 16.3 Å². The zero-order valence-electron chi connectivity index (χ0n) is 14.8. The van der Waals surface area contributed by atoms with Gasteiger partial charge in [-0.15, -0.1) is 11.3 Å². The quantitative estimate of drug-likeness (QED) is 0.766. The summed E-state index contributed by atoms with van der Waals surface area (Å²) in [5.74, 6) is 0.883. The van der Waals surface area contributed by atoms with Gasteiger partial charge in [-0.25, -0.2) is 4.98 Å². The second-order valence-electron chi connectivity index (χ2n) is 6.24. The van der Waals surface area contributed by atoms with Gasteiger partial charge in [0.2, 0.25) is 0 Å². The van der Waals surface area contributed by atoms with Crippen LogP contribution in [0.2, 0.25) is 0 Å². The number of ether oxygens (including phenoxy) is 1. The number of H-pyrrole nitrogens is 1. The molecule has 0 saturated carbocycles. The smallest absolute Gasteiger partial charge is 0.266 e. The molecule has 0 atom stereocenters. The van der Waals surface area contributed by atoms with Crippen LogP contribution >= 0.6 is 11.3 Å². The number of nitrogens with zero attached hydrogens (tertiary/aromatic N) is 3. The molecular formula is C19H20N4O2S. The summed E-state index contributed by atoms with van der Waals surface area (Å²) >= 11 is 1.45. The molecule has 0 saturated heterocycles. The summed E-state index contributed by atoms with van der Waals surface area (Å²) < 4.78 is 5.48. The van der Waals surface area contributed by atoms with Crippen LogP contribution in [0.4, 0.5) is 0 Å². The molecule has 0 fully saturated rings. The van der Waals surface area contributed by atoms with Gasteiger partial charge in [-0.2, -0.15) is 5.10 Å². The number of hydrogen-bond acceptors (Lipinski definition) is 5. The maximum atomic E-state index is 13.0. The number of thiazole rings is 1. The van der Waals surface area contributed by atoms with Gasteiger partial charge in [-0.1, -0.05) is 0 Å². The zero-order chi connectivity index (χ0) is 18.1. The second-order valence-corrected chi connectivity index (χ2v) is 7.24. The molecule has 3 aromatic rings. The molecular weight excluding hydrogens is 348 g/mol. The molecule has 1 aliphatic rings. The number of carbonyl (C=O) groups excluding carboxylic acids is 1. The van der Waals surface area contributed by atoms with E-state index in [1.807, 2.05) is 43.0 Å². The van der Waals surface area contributed by atoms with Crippen LogP contribution in [0.15, 0.2) is 30.5 Å². The number of aryl methyl sites for hydroxylation is 1. The van der Waals surface area contributed by atoms with E-state index < -0.39 is 0 Å². The van der Waals surface area contributed by atoms with Gasteiger partial charge >= 0.3 is 0 Å². The Hall–Kier alpha value is -2.67. The Kier molecular flexibility index (Phi) is 4.46. The van der Waals surface area contributed by atoms with Crippen LogP contribution in [-0.2, 0) is 13.0 Å². The van der Waals surface area contributed by atoms with Crippen molar-refractivity contribution in [3.05, 3.63) is 52.3 Å². The highest BCUT2D eigenvalue weighted by molar-refractivity contribution is 7.17. The predicted molar refractivity (Wildman–Crippen MR) is 100 cm³/mol. The van der Waals surface area contributed by atoms with E-state index in [0.717, 1.165) is 39.7 Å². The Morgan fingerprint density at radius 2 is 2.15 bits per heavy atom. The highest BCUT2D eigenvalue weighted by Gasteiger charge is 2.26.